The van der Waals surface area contributed by atoms with Crippen molar-refractivity contribution < 1.29 is 42.9 Å². The second kappa shape index (κ2) is 15.2. The average Bonchev–Trinajstić information content (AvgIpc) is 2.74. The van der Waals surface area contributed by atoms with E-state index in [0.717, 1.165) is 37.4 Å². The normalized spacial score (nSPS) is 15.7. The number of nitrogens with zero attached hydrogens (tertiary/aromatic N) is 1. The van der Waals surface area contributed by atoms with Crippen LogP contribution in [-0.2, 0) is 42.9 Å². The molecule has 168 valence electrons. The molecule has 0 N–H and O–H groups in total. The zero-order valence-corrected chi connectivity index (χ0v) is 17.4. The molecule has 0 radical (unpaired) electrons. The summed E-state index contributed by atoms with van der Waals surface area (Å²) in [5.74, 6) is -2.84. The van der Waals surface area contributed by atoms with E-state index in [0.29, 0.717) is 26.2 Å². The van der Waals surface area contributed by atoms with Crippen LogP contribution in [0.4, 0.5) is 0 Å². The third kappa shape index (κ3) is 12.0. The minimum absolute atomic E-state index is 0.190. The topological polar surface area (TPSA) is 118 Å². The van der Waals surface area contributed by atoms with Crippen LogP contribution in [0.2, 0.25) is 0 Å². The maximum atomic E-state index is 12.0. The Morgan fingerprint density at radius 1 is 0.833 bits per heavy atom. The third-order valence-electron chi connectivity index (χ3n) is 3.85. The number of ether oxygens (including phenoxy) is 5. The highest BCUT2D eigenvalue weighted by Crippen LogP contribution is 2.06. The summed E-state index contributed by atoms with van der Waals surface area (Å²) in [5.41, 5.74) is 0. The van der Waals surface area contributed by atoms with Crippen LogP contribution in [0.5, 0.6) is 0 Å². The molecule has 0 bridgehead atoms. The molecule has 0 aliphatic carbocycles. The third-order valence-corrected chi connectivity index (χ3v) is 3.85. The number of hydrogen-bond donors (Lipinski definition) is 0. The van der Waals surface area contributed by atoms with Crippen molar-refractivity contribution in [3.63, 3.8) is 0 Å². The van der Waals surface area contributed by atoms with Crippen molar-refractivity contribution in [1.29, 1.82) is 0 Å². The van der Waals surface area contributed by atoms with Crippen LogP contribution in [-0.4, -0.2) is 87.5 Å². The van der Waals surface area contributed by atoms with E-state index in [2.05, 4.69) is 9.64 Å². The Labute approximate surface area is 175 Å². The van der Waals surface area contributed by atoms with Crippen molar-refractivity contribution in [2.24, 2.45) is 0 Å². The van der Waals surface area contributed by atoms with Crippen LogP contribution in [0, 0.1) is 0 Å². The quantitative estimate of drug-likeness (QED) is 0.246. The van der Waals surface area contributed by atoms with E-state index in [1.165, 1.54) is 0 Å². The Morgan fingerprint density at radius 2 is 1.33 bits per heavy atom. The van der Waals surface area contributed by atoms with Gasteiger partial charge in [-0.25, -0.2) is 19.2 Å². The summed E-state index contributed by atoms with van der Waals surface area (Å²) in [6.45, 7) is 6.85. The lowest BCUT2D eigenvalue weighted by Gasteiger charge is -2.28. The van der Waals surface area contributed by atoms with E-state index in [4.69, 9.17) is 18.9 Å². The highest BCUT2D eigenvalue weighted by molar-refractivity contribution is 5.92. The van der Waals surface area contributed by atoms with Crippen LogP contribution >= 0.6 is 0 Å². The zero-order valence-electron chi connectivity index (χ0n) is 17.4. The van der Waals surface area contributed by atoms with Crippen molar-refractivity contribution in [2.45, 2.75) is 26.4 Å². The summed E-state index contributed by atoms with van der Waals surface area (Å²) >= 11 is 0. The predicted molar refractivity (Wildman–Crippen MR) is 104 cm³/mol. The van der Waals surface area contributed by atoms with Gasteiger partial charge < -0.3 is 23.7 Å². The van der Waals surface area contributed by atoms with Gasteiger partial charge in [-0.15, -0.1) is 0 Å². The smallest absolute Gasteiger partial charge is 0.331 e. The van der Waals surface area contributed by atoms with Gasteiger partial charge in [0.25, 0.3) is 0 Å². The molecule has 1 fully saturated rings. The van der Waals surface area contributed by atoms with Crippen LogP contribution in [0.25, 0.3) is 0 Å². The van der Waals surface area contributed by atoms with Gasteiger partial charge in [0.15, 0.2) is 0 Å². The van der Waals surface area contributed by atoms with E-state index < -0.39 is 30.0 Å². The maximum absolute atomic E-state index is 12.0. The van der Waals surface area contributed by atoms with Gasteiger partial charge in [-0.2, -0.15) is 0 Å². The fourth-order valence-corrected chi connectivity index (χ4v) is 2.41. The molecule has 1 aliphatic heterocycles. The molecule has 0 amide bonds. The predicted octanol–water partition coefficient (Wildman–Crippen LogP) is 0.402. The fraction of sp³-hybridized carbons (Fsp3) is 0.600. The molecule has 1 saturated heterocycles. The van der Waals surface area contributed by atoms with Crippen LogP contribution in [0.15, 0.2) is 24.3 Å². The first-order valence-electron chi connectivity index (χ1n) is 9.81. The zero-order chi connectivity index (χ0) is 22.2. The van der Waals surface area contributed by atoms with Gasteiger partial charge >= 0.3 is 23.9 Å². The van der Waals surface area contributed by atoms with E-state index in [1.54, 1.807) is 13.8 Å². The molecule has 0 spiro atoms. The fourth-order valence-electron chi connectivity index (χ4n) is 2.41. The largest absolute Gasteiger partial charge is 0.463 e. The molecule has 1 rings (SSSR count). The number of morpholine rings is 1. The molecule has 10 nitrogen and oxygen atoms in total. The Bertz CT molecular complexity index is 624. The summed E-state index contributed by atoms with van der Waals surface area (Å²) in [6.07, 6.45) is 3.52. The second-order valence-corrected chi connectivity index (χ2v) is 6.10. The van der Waals surface area contributed by atoms with Gasteiger partial charge in [0.1, 0.15) is 12.7 Å². The summed E-state index contributed by atoms with van der Waals surface area (Å²) in [7, 11) is 0. The molecule has 1 aliphatic rings. The van der Waals surface area contributed by atoms with Crippen LogP contribution < -0.4 is 0 Å². The number of rotatable bonds is 12. The molecule has 0 aromatic heterocycles. The molecule has 30 heavy (non-hydrogen) atoms. The van der Waals surface area contributed by atoms with Gasteiger partial charge in [-0.1, -0.05) is 0 Å². The molecule has 1 heterocycles. The monoisotopic (exact) mass is 427 g/mol. The number of esters is 4. The average molecular weight is 427 g/mol. The lowest BCUT2D eigenvalue weighted by atomic mass is 10.2. The van der Waals surface area contributed by atoms with E-state index in [-0.39, 0.29) is 19.8 Å². The Hall–Kier alpha value is -2.72. The number of hydrogen-bond acceptors (Lipinski definition) is 10. The first-order valence-corrected chi connectivity index (χ1v) is 9.81. The molecule has 0 aromatic rings. The van der Waals surface area contributed by atoms with Crippen molar-refractivity contribution in [3.05, 3.63) is 24.3 Å². The number of carbonyl (C=O) groups excluding carboxylic acids is 4. The molecule has 1 atom stereocenters. The van der Waals surface area contributed by atoms with Gasteiger partial charge in [-0.05, 0) is 13.8 Å². The van der Waals surface area contributed by atoms with Crippen molar-refractivity contribution in [1.82, 2.24) is 4.90 Å². The van der Waals surface area contributed by atoms with Crippen molar-refractivity contribution >= 4 is 23.9 Å². The maximum Gasteiger partial charge on any atom is 0.331 e. The minimum Gasteiger partial charge on any atom is -0.463 e. The summed E-state index contributed by atoms with van der Waals surface area (Å²) in [5, 5.41) is 0. The highest BCUT2D eigenvalue weighted by Gasteiger charge is 2.19. The van der Waals surface area contributed by atoms with Gasteiger partial charge in [0.2, 0.25) is 0 Å². The van der Waals surface area contributed by atoms with Crippen molar-refractivity contribution in [2.75, 3.05) is 52.7 Å². The molecular weight excluding hydrogens is 398 g/mol. The Balaban J connectivity index is 2.57. The standard InChI is InChI=1S/C20H29NO9/c1-3-27-17(22)5-6-19(24)29-15-16(9-10-21-11-13-26-14-12-21)30-20(25)8-7-18(23)28-4-2/h5-8,16H,3-4,9-15H2,1-2H3/b6-5+,8-7+. The first kappa shape index (κ1) is 25.3. The molecular formula is C20H29NO9. The molecule has 0 aromatic carbocycles. The summed E-state index contributed by atoms with van der Waals surface area (Å²) < 4.78 is 25.0. The van der Waals surface area contributed by atoms with Crippen LogP contribution in [0.3, 0.4) is 0 Å². The van der Waals surface area contributed by atoms with E-state index in [1.807, 2.05) is 0 Å². The van der Waals surface area contributed by atoms with Gasteiger partial charge in [-0.3, -0.25) is 4.90 Å². The SMILES string of the molecule is CCOC(=O)/C=C/C(=O)OCC(CCN1CCOCC1)OC(=O)/C=C/C(=O)OCC. The Kier molecular flexibility index (Phi) is 12.8. The summed E-state index contributed by atoms with van der Waals surface area (Å²) in [4.78, 5) is 48.4. The first-order chi connectivity index (χ1) is 14.4. The van der Waals surface area contributed by atoms with Gasteiger partial charge in [0, 0.05) is 50.4 Å². The lowest BCUT2D eigenvalue weighted by Crippen LogP contribution is -2.39. The Morgan fingerprint density at radius 3 is 1.87 bits per heavy atom. The van der Waals surface area contributed by atoms with Gasteiger partial charge in [0.05, 0.1) is 26.4 Å². The number of carbonyl (C=O) groups is 4. The van der Waals surface area contributed by atoms with Crippen molar-refractivity contribution in [3.8, 4) is 0 Å². The lowest BCUT2D eigenvalue weighted by molar-refractivity contribution is -0.153. The summed E-state index contributed by atoms with van der Waals surface area (Å²) in [6, 6.07) is 0. The molecule has 1 unspecified atom stereocenters. The minimum atomic E-state index is -0.766. The molecule has 10 heteroatoms. The van der Waals surface area contributed by atoms with E-state index >= 15 is 0 Å². The van der Waals surface area contributed by atoms with E-state index in [9.17, 15) is 19.2 Å². The second-order valence-electron chi connectivity index (χ2n) is 6.10. The van der Waals surface area contributed by atoms with Crippen LogP contribution in [0.1, 0.15) is 20.3 Å². The molecule has 0 saturated carbocycles. The highest BCUT2D eigenvalue weighted by atomic mass is 16.6.